The summed E-state index contributed by atoms with van der Waals surface area (Å²) in [7, 11) is 0. The second kappa shape index (κ2) is 6.84. The number of carbonyl (C=O) groups is 1. The van der Waals surface area contributed by atoms with Gasteiger partial charge in [0.15, 0.2) is 0 Å². The van der Waals surface area contributed by atoms with E-state index >= 15 is 0 Å². The molecule has 2 heterocycles. The van der Waals surface area contributed by atoms with Crippen LogP contribution in [0, 0.1) is 0 Å². The summed E-state index contributed by atoms with van der Waals surface area (Å²) in [4.78, 5) is 29.3. The smallest absolute Gasteiger partial charge is 0.271 e. The van der Waals surface area contributed by atoms with Gasteiger partial charge in [0.1, 0.15) is 5.82 Å². The van der Waals surface area contributed by atoms with Crippen LogP contribution in [-0.4, -0.2) is 21.7 Å². The Kier molecular flexibility index (Phi) is 4.38. The number of carbonyl (C=O) groups excluding carboxylic acids is 1. The maximum absolute atomic E-state index is 12.4. The van der Waals surface area contributed by atoms with E-state index in [0.29, 0.717) is 23.0 Å². The average molecular weight is 411 g/mol. The van der Waals surface area contributed by atoms with E-state index in [1.54, 1.807) is 29.0 Å². The van der Waals surface area contributed by atoms with Gasteiger partial charge in [-0.1, -0.05) is 28.1 Å². The zero-order chi connectivity index (χ0) is 18.1. The Morgan fingerprint density at radius 1 is 1.23 bits per heavy atom. The van der Waals surface area contributed by atoms with Gasteiger partial charge in [0.05, 0.1) is 17.1 Å². The SMILES string of the molecule is O=C(N/N=C\c1ccc(Br)cc1)c1ccc2c(=O)n3c(nc2c1)CCC3. The van der Waals surface area contributed by atoms with Gasteiger partial charge in [0.25, 0.3) is 11.5 Å². The van der Waals surface area contributed by atoms with Crippen molar-refractivity contribution in [2.24, 2.45) is 5.10 Å². The molecule has 3 aromatic rings. The van der Waals surface area contributed by atoms with Crippen LogP contribution in [0.25, 0.3) is 10.9 Å². The number of halogens is 1. The monoisotopic (exact) mass is 410 g/mol. The fraction of sp³-hybridized carbons (Fsp3) is 0.158. The summed E-state index contributed by atoms with van der Waals surface area (Å²) in [6.07, 6.45) is 3.29. The lowest BCUT2D eigenvalue weighted by atomic mass is 10.1. The van der Waals surface area contributed by atoms with Crippen molar-refractivity contribution in [1.29, 1.82) is 0 Å². The molecule has 130 valence electrons. The second-order valence-electron chi connectivity index (χ2n) is 6.07. The highest BCUT2D eigenvalue weighted by Crippen LogP contribution is 2.16. The van der Waals surface area contributed by atoms with Crippen LogP contribution in [0.1, 0.15) is 28.2 Å². The number of fused-ring (bicyclic) bond motifs is 2. The normalized spacial score (nSPS) is 13.3. The molecule has 0 bridgehead atoms. The fourth-order valence-electron chi connectivity index (χ4n) is 3.00. The van der Waals surface area contributed by atoms with Crippen molar-refractivity contribution >= 4 is 39.0 Å². The molecule has 1 amide bonds. The maximum atomic E-state index is 12.4. The first-order valence-corrected chi connectivity index (χ1v) is 9.03. The first kappa shape index (κ1) is 16.7. The van der Waals surface area contributed by atoms with E-state index in [1.165, 1.54) is 0 Å². The minimum Gasteiger partial charge on any atom is -0.296 e. The van der Waals surface area contributed by atoms with Crippen molar-refractivity contribution < 1.29 is 4.79 Å². The summed E-state index contributed by atoms with van der Waals surface area (Å²) >= 11 is 3.37. The topological polar surface area (TPSA) is 76.3 Å². The molecule has 0 aliphatic carbocycles. The summed E-state index contributed by atoms with van der Waals surface area (Å²) < 4.78 is 2.69. The van der Waals surface area contributed by atoms with Crippen LogP contribution < -0.4 is 11.0 Å². The Labute approximate surface area is 157 Å². The molecule has 0 radical (unpaired) electrons. The van der Waals surface area contributed by atoms with E-state index < -0.39 is 0 Å². The van der Waals surface area contributed by atoms with Gasteiger partial charge in [-0.2, -0.15) is 5.10 Å². The van der Waals surface area contributed by atoms with Gasteiger partial charge in [0, 0.05) is 23.0 Å². The minimum atomic E-state index is -0.345. The molecule has 0 fully saturated rings. The predicted octanol–water partition coefficient (Wildman–Crippen LogP) is 2.87. The third kappa shape index (κ3) is 3.17. The number of aromatic nitrogens is 2. The van der Waals surface area contributed by atoms with Crippen LogP contribution in [-0.2, 0) is 13.0 Å². The Morgan fingerprint density at radius 2 is 2.04 bits per heavy atom. The molecule has 1 aromatic heterocycles. The van der Waals surface area contributed by atoms with Gasteiger partial charge in [-0.25, -0.2) is 10.4 Å². The fourth-order valence-corrected chi connectivity index (χ4v) is 3.27. The van der Waals surface area contributed by atoms with Crippen LogP contribution in [0.4, 0.5) is 0 Å². The highest BCUT2D eigenvalue weighted by molar-refractivity contribution is 9.10. The van der Waals surface area contributed by atoms with E-state index in [9.17, 15) is 9.59 Å². The number of rotatable bonds is 3. The van der Waals surface area contributed by atoms with Crippen molar-refractivity contribution in [2.45, 2.75) is 19.4 Å². The second-order valence-corrected chi connectivity index (χ2v) is 6.99. The number of aryl methyl sites for hydroxylation is 1. The maximum Gasteiger partial charge on any atom is 0.271 e. The van der Waals surface area contributed by atoms with Crippen molar-refractivity contribution in [2.75, 3.05) is 0 Å². The van der Waals surface area contributed by atoms with Crippen LogP contribution in [0.15, 0.2) is 56.8 Å². The summed E-state index contributed by atoms with van der Waals surface area (Å²) in [5.74, 6) is 0.441. The number of hydrazone groups is 1. The van der Waals surface area contributed by atoms with Gasteiger partial charge in [-0.15, -0.1) is 0 Å². The van der Waals surface area contributed by atoms with Crippen molar-refractivity contribution in [3.8, 4) is 0 Å². The molecule has 26 heavy (non-hydrogen) atoms. The largest absolute Gasteiger partial charge is 0.296 e. The summed E-state index contributed by atoms with van der Waals surface area (Å²) in [5.41, 5.74) is 4.30. The number of nitrogens with one attached hydrogen (secondary N) is 1. The lowest BCUT2D eigenvalue weighted by molar-refractivity contribution is 0.0955. The molecule has 1 aliphatic rings. The molecular weight excluding hydrogens is 396 g/mol. The number of benzene rings is 2. The van der Waals surface area contributed by atoms with Gasteiger partial charge >= 0.3 is 0 Å². The number of hydrogen-bond donors (Lipinski definition) is 1. The number of amides is 1. The molecule has 0 saturated heterocycles. The van der Waals surface area contributed by atoms with Crippen LogP contribution in [0.3, 0.4) is 0 Å². The van der Waals surface area contributed by atoms with Gasteiger partial charge in [0.2, 0.25) is 0 Å². The first-order valence-electron chi connectivity index (χ1n) is 8.24. The molecule has 0 unspecified atom stereocenters. The quantitative estimate of drug-likeness (QED) is 0.532. The van der Waals surface area contributed by atoms with Gasteiger partial charge < -0.3 is 0 Å². The third-order valence-corrected chi connectivity index (χ3v) is 4.86. The van der Waals surface area contributed by atoms with E-state index in [2.05, 4.69) is 31.4 Å². The minimum absolute atomic E-state index is 0.0392. The Bertz CT molecular complexity index is 1090. The first-order chi connectivity index (χ1) is 12.6. The molecule has 6 nitrogen and oxygen atoms in total. The molecular formula is C19H15BrN4O2. The summed E-state index contributed by atoms with van der Waals surface area (Å²) in [6, 6.07) is 12.5. The van der Waals surface area contributed by atoms with E-state index in [4.69, 9.17) is 0 Å². The molecule has 2 aromatic carbocycles. The van der Waals surface area contributed by atoms with E-state index in [1.807, 2.05) is 24.3 Å². The molecule has 1 N–H and O–H groups in total. The summed E-state index contributed by atoms with van der Waals surface area (Å²) in [6.45, 7) is 0.712. The Morgan fingerprint density at radius 3 is 2.85 bits per heavy atom. The molecule has 4 rings (SSSR count). The lowest BCUT2D eigenvalue weighted by Gasteiger charge is -2.06. The third-order valence-electron chi connectivity index (χ3n) is 4.33. The molecule has 0 atom stereocenters. The van der Waals surface area contributed by atoms with Crippen LogP contribution in [0.5, 0.6) is 0 Å². The zero-order valence-corrected chi connectivity index (χ0v) is 15.4. The van der Waals surface area contributed by atoms with E-state index in [-0.39, 0.29) is 11.5 Å². The van der Waals surface area contributed by atoms with Crippen LogP contribution in [0.2, 0.25) is 0 Å². The molecule has 1 aliphatic heterocycles. The lowest BCUT2D eigenvalue weighted by Crippen LogP contribution is -2.22. The Balaban J connectivity index is 1.56. The molecule has 0 spiro atoms. The summed E-state index contributed by atoms with van der Waals surface area (Å²) in [5, 5.41) is 4.51. The van der Waals surface area contributed by atoms with E-state index in [0.717, 1.165) is 28.7 Å². The molecule has 7 heteroatoms. The Hall–Kier alpha value is -2.80. The van der Waals surface area contributed by atoms with Crippen molar-refractivity contribution in [1.82, 2.24) is 15.0 Å². The van der Waals surface area contributed by atoms with Gasteiger partial charge in [-0.05, 0) is 42.3 Å². The van der Waals surface area contributed by atoms with Crippen molar-refractivity contribution in [3.63, 3.8) is 0 Å². The number of hydrogen-bond acceptors (Lipinski definition) is 4. The van der Waals surface area contributed by atoms with Crippen LogP contribution >= 0.6 is 15.9 Å². The predicted molar refractivity (Wildman–Crippen MR) is 104 cm³/mol. The number of nitrogens with zero attached hydrogens (tertiary/aromatic N) is 3. The van der Waals surface area contributed by atoms with Crippen molar-refractivity contribution in [3.05, 3.63) is 74.2 Å². The zero-order valence-electron chi connectivity index (χ0n) is 13.8. The standard InChI is InChI=1S/C19H15BrN4O2/c20-14-6-3-12(4-7-14)11-21-23-18(25)13-5-8-15-16(10-13)22-17-2-1-9-24(17)19(15)26/h3-8,10-11H,1-2,9H2,(H,23,25)/b21-11-. The van der Waals surface area contributed by atoms with Gasteiger partial charge in [-0.3, -0.25) is 14.2 Å². The highest BCUT2D eigenvalue weighted by atomic mass is 79.9. The average Bonchev–Trinajstić information content (AvgIpc) is 3.12. The highest BCUT2D eigenvalue weighted by Gasteiger charge is 2.16. The molecule has 0 saturated carbocycles.